The highest BCUT2D eigenvalue weighted by molar-refractivity contribution is 9.10. The lowest BCUT2D eigenvalue weighted by Crippen LogP contribution is -2.22. The lowest BCUT2D eigenvalue weighted by atomic mass is 10.2. The molecule has 0 radical (unpaired) electrons. The molecule has 0 fully saturated rings. The van der Waals surface area contributed by atoms with Gasteiger partial charge >= 0.3 is 0 Å². The molecule has 0 spiro atoms. The molecule has 7 heteroatoms. The molecule has 2 aromatic carbocycles. The van der Waals surface area contributed by atoms with E-state index in [2.05, 4.69) is 32.9 Å². The Kier molecular flexibility index (Phi) is 6.14. The summed E-state index contributed by atoms with van der Waals surface area (Å²) < 4.78 is 7.71. The zero-order chi connectivity index (χ0) is 20.3. The largest absolute Gasteiger partial charge is 0.496 e. The third-order valence-corrected chi connectivity index (χ3v) is 4.89. The van der Waals surface area contributed by atoms with Crippen molar-refractivity contribution in [3.8, 4) is 5.75 Å². The Morgan fingerprint density at radius 3 is 2.71 bits per heavy atom. The molecule has 3 aromatic rings. The first-order valence-corrected chi connectivity index (χ1v) is 9.84. The first-order chi connectivity index (χ1) is 13.4. The monoisotopic (exact) mass is 442 g/mol. The van der Waals surface area contributed by atoms with E-state index in [-0.39, 0.29) is 5.56 Å². The number of hydrogen-bond acceptors (Lipinski definition) is 5. The molecule has 0 amide bonds. The number of nitrogens with zero attached hydrogens (tertiary/aromatic N) is 4. The molecule has 0 saturated carbocycles. The Morgan fingerprint density at radius 1 is 1.25 bits per heavy atom. The Morgan fingerprint density at radius 2 is 2.04 bits per heavy atom. The number of fused-ring (bicyclic) bond motifs is 1. The number of anilines is 1. The Bertz CT molecular complexity index is 1090. The molecule has 0 bridgehead atoms. The van der Waals surface area contributed by atoms with Gasteiger partial charge in [0.25, 0.3) is 5.56 Å². The van der Waals surface area contributed by atoms with E-state index in [0.29, 0.717) is 28.9 Å². The van der Waals surface area contributed by atoms with Gasteiger partial charge in [0.1, 0.15) is 11.6 Å². The van der Waals surface area contributed by atoms with Gasteiger partial charge in [0.15, 0.2) is 0 Å². The summed E-state index contributed by atoms with van der Waals surface area (Å²) in [5.74, 6) is 1.33. The molecule has 146 valence electrons. The predicted molar refractivity (Wildman–Crippen MR) is 118 cm³/mol. The Hall–Kier alpha value is -2.67. The van der Waals surface area contributed by atoms with Crippen LogP contribution in [-0.2, 0) is 6.42 Å². The summed E-state index contributed by atoms with van der Waals surface area (Å²) in [5, 5.41) is 4.99. The van der Waals surface area contributed by atoms with E-state index in [0.717, 1.165) is 22.1 Å². The average molecular weight is 443 g/mol. The molecule has 1 aromatic heterocycles. The molecule has 3 rings (SSSR count). The highest BCUT2D eigenvalue weighted by atomic mass is 79.9. The molecular weight excluding hydrogens is 420 g/mol. The van der Waals surface area contributed by atoms with Crippen molar-refractivity contribution in [2.24, 2.45) is 5.10 Å². The lowest BCUT2D eigenvalue weighted by Gasteiger charge is -2.14. The van der Waals surface area contributed by atoms with E-state index >= 15 is 0 Å². The van der Waals surface area contributed by atoms with E-state index in [9.17, 15) is 4.79 Å². The van der Waals surface area contributed by atoms with E-state index in [1.54, 1.807) is 19.4 Å². The maximum absolute atomic E-state index is 13.0. The van der Waals surface area contributed by atoms with Gasteiger partial charge in [-0.1, -0.05) is 22.9 Å². The number of ether oxygens (including phenoxy) is 1. The van der Waals surface area contributed by atoms with Crippen LogP contribution in [-0.4, -0.2) is 37.1 Å². The predicted octanol–water partition coefficient (Wildman–Crippen LogP) is 4.07. The minimum absolute atomic E-state index is 0.185. The fraction of sp³-hybridized carbons (Fsp3) is 0.286. The maximum Gasteiger partial charge on any atom is 0.282 e. The van der Waals surface area contributed by atoms with E-state index in [1.807, 2.05) is 49.3 Å². The van der Waals surface area contributed by atoms with Gasteiger partial charge in [-0.05, 0) is 36.8 Å². The summed E-state index contributed by atoms with van der Waals surface area (Å²) in [7, 11) is 5.56. The van der Waals surface area contributed by atoms with Crippen LogP contribution in [0.2, 0.25) is 0 Å². The smallest absolute Gasteiger partial charge is 0.282 e. The van der Waals surface area contributed by atoms with Gasteiger partial charge in [-0.2, -0.15) is 9.78 Å². The topological polar surface area (TPSA) is 59.7 Å². The molecular formula is C21H23BrN4O2. The standard InChI is InChI=1S/C21H23BrN4O2/c1-5-6-20-24-18-10-8-15(22)11-17(18)21(27)26(20)23-13-14-7-9-16(25(2)3)12-19(14)28-4/h7-13H,5-6H2,1-4H3. The normalized spacial score (nSPS) is 11.3. The van der Waals surface area contributed by atoms with Crippen molar-refractivity contribution < 1.29 is 4.74 Å². The SMILES string of the molecule is CCCc1nc2ccc(Br)cc2c(=O)n1N=Cc1ccc(N(C)C)cc1OC. The average Bonchev–Trinajstić information content (AvgIpc) is 2.68. The van der Waals surface area contributed by atoms with E-state index in [4.69, 9.17) is 4.74 Å². The molecule has 1 heterocycles. The number of aryl methyl sites for hydroxylation is 1. The molecule has 0 saturated heterocycles. The van der Waals surface area contributed by atoms with Gasteiger partial charge in [-0.15, -0.1) is 0 Å². The summed E-state index contributed by atoms with van der Waals surface area (Å²) in [5.41, 5.74) is 2.30. The van der Waals surface area contributed by atoms with Crippen LogP contribution < -0.4 is 15.2 Å². The maximum atomic E-state index is 13.0. The molecule has 0 unspecified atom stereocenters. The van der Waals surface area contributed by atoms with Crippen molar-refractivity contribution in [2.75, 3.05) is 26.1 Å². The van der Waals surface area contributed by atoms with Gasteiger partial charge in [-0.3, -0.25) is 4.79 Å². The van der Waals surface area contributed by atoms with Crippen LogP contribution in [0.15, 0.2) is 50.8 Å². The van der Waals surface area contributed by atoms with Crippen molar-refractivity contribution in [3.05, 3.63) is 62.6 Å². The zero-order valence-corrected chi connectivity index (χ0v) is 18.0. The van der Waals surface area contributed by atoms with Crippen LogP contribution in [0.4, 0.5) is 5.69 Å². The number of rotatable bonds is 6. The van der Waals surface area contributed by atoms with Gasteiger partial charge in [0.2, 0.25) is 0 Å². The number of hydrogen-bond donors (Lipinski definition) is 0. The number of methoxy groups -OCH3 is 1. The Labute approximate surface area is 172 Å². The molecule has 0 atom stereocenters. The third-order valence-electron chi connectivity index (χ3n) is 4.39. The van der Waals surface area contributed by atoms with Crippen LogP contribution >= 0.6 is 15.9 Å². The lowest BCUT2D eigenvalue weighted by molar-refractivity contribution is 0.414. The number of aromatic nitrogens is 2. The molecule has 0 aliphatic heterocycles. The molecule has 6 nitrogen and oxygen atoms in total. The first kappa shape index (κ1) is 20.1. The van der Waals surface area contributed by atoms with Crippen LogP contribution in [0.25, 0.3) is 10.9 Å². The van der Waals surface area contributed by atoms with Gasteiger partial charge in [0.05, 0.1) is 24.2 Å². The first-order valence-electron chi connectivity index (χ1n) is 9.05. The molecule has 0 aliphatic carbocycles. The number of halogens is 1. The van der Waals surface area contributed by atoms with Crippen molar-refractivity contribution in [1.29, 1.82) is 0 Å². The van der Waals surface area contributed by atoms with E-state index in [1.165, 1.54) is 4.68 Å². The minimum Gasteiger partial charge on any atom is -0.496 e. The fourth-order valence-electron chi connectivity index (χ4n) is 2.90. The zero-order valence-electron chi connectivity index (χ0n) is 16.4. The van der Waals surface area contributed by atoms with Crippen LogP contribution in [0.5, 0.6) is 5.75 Å². The quantitative estimate of drug-likeness (QED) is 0.539. The number of benzene rings is 2. The van der Waals surface area contributed by atoms with Crippen molar-refractivity contribution in [1.82, 2.24) is 9.66 Å². The van der Waals surface area contributed by atoms with Crippen LogP contribution in [0, 0.1) is 0 Å². The molecule has 28 heavy (non-hydrogen) atoms. The van der Waals surface area contributed by atoms with Crippen LogP contribution in [0.3, 0.4) is 0 Å². The summed E-state index contributed by atoms with van der Waals surface area (Å²) >= 11 is 3.42. The van der Waals surface area contributed by atoms with Crippen molar-refractivity contribution >= 4 is 38.7 Å². The van der Waals surface area contributed by atoms with Gasteiger partial charge in [0, 0.05) is 42.3 Å². The van der Waals surface area contributed by atoms with E-state index < -0.39 is 0 Å². The molecule has 0 aliphatic rings. The summed E-state index contributed by atoms with van der Waals surface area (Å²) in [6.07, 6.45) is 3.17. The highest BCUT2D eigenvalue weighted by Crippen LogP contribution is 2.23. The Balaban J connectivity index is 2.12. The molecule has 0 N–H and O–H groups in total. The van der Waals surface area contributed by atoms with Crippen LogP contribution in [0.1, 0.15) is 24.7 Å². The van der Waals surface area contributed by atoms with Crippen molar-refractivity contribution in [2.45, 2.75) is 19.8 Å². The second-order valence-electron chi connectivity index (χ2n) is 6.62. The highest BCUT2D eigenvalue weighted by Gasteiger charge is 2.11. The second-order valence-corrected chi connectivity index (χ2v) is 7.54. The summed E-state index contributed by atoms with van der Waals surface area (Å²) in [4.78, 5) is 19.7. The van der Waals surface area contributed by atoms with Crippen molar-refractivity contribution in [3.63, 3.8) is 0 Å². The second kappa shape index (κ2) is 8.56. The summed E-state index contributed by atoms with van der Waals surface area (Å²) in [6, 6.07) is 11.3. The summed E-state index contributed by atoms with van der Waals surface area (Å²) in [6.45, 7) is 2.05. The minimum atomic E-state index is -0.185. The third kappa shape index (κ3) is 4.09. The van der Waals surface area contributed by atoms with Gasteiger partial charge < -0.3 is 9.64 Å². The fourth-order valence-corrected chi connectivity index (χ4v) is 3.26. The van der Waals surface area contributed by atoms with Gasteiger partial charge in [-0.25, -0.2) is 4.98 Å².